The van der Waals surface area contributed by atoms with Crippen molar-refractivity contribution in [3.63, 3.8) is 0 Å². The van der Waals surface area contributed by atoms with Crippen molar-refractivity contribution in [1.82, 2.24) is 0 Å². The van der Waals surface area contributed by atoms with Crippen molar-refractivity contribution in [3.05, 3.63) is 108 Å². The maximum Gasteiger partial charge on any atom is 0.308 e. The Morgan fingerprint density at radius 1 is 0.710 bits per heavy atom. The summed E-state index contributed by atoms with van der Waals surface area (Å²) in [6.07, 6.45) is -0.214. The van der Waals surface area contributed by atoms with Crippen LogP contribution in [0.15, 0.2) is 91.0 Å². The lowest BCUT2D eigenvalue weighted by Crippen LogP contribution is -2.37. The molecule has 0 radical (unpaired) electrons. The Morgan fingerprint density at radius 3 is 1.39 bits per heavy atom. The molecule has 4 nitrogen and oxygen atoms in total. The summed E-state index contributed by atoms with van der Waals surface area (Å²) in [6.45, 7) is 4.90. The number of carbonyl (C=O) groups excluding carboxylic acids is 1. The van der Waals surface area contributed by atoms with Gasteiger partial charge < -0.3 is 4.74 Å². The van der Waals surface area contributed by atoms with Gasteiger partial charge in [-0.1, -0.05) is 91.0 Å². The summed E-state index contributed by atoms with van der Waals surface area (Å²) < 4.78 is 30.3. The van der Waals surface area contributed by atoms with E-state index in [0.717, 1.165) is 16.7 Å². The van der Waals surface area contributed by atoms with Gasteiger partial charge in [-0.05, 0) is 20.8 Å². The van der Waals surface area contributed by atoms with Crippen LogP contribution in [0.4, 0.5) is 0 Å². The van der Waals surface area contributed by atoms with E-state index in [1.165, 1.54) is 0 Å². The molecule has 3 aromatic rings. The summed E-state index contributed by atoms with van der Waals surface area (Å²) in [5.74, 6) is -0.826. The van der Waals surface area contributed by atoms with Crippen molar-refractivity contribution in [2.45, 2.75) is 37.5 Å². The third-order valence-electron chi connectivity index (χ3n) is 5.32. The van der Waals surface area contributed by atoms with Gasteiger partial charge in [-0.25, -0.2) is 8.42 Å². The molecule has 0 fully saturated rings. The van der Waals surface area contributed by atoms with Crippen LogP contribution in [0.3, 0.4) is 0 Å². The summed E-state index contributed by atoms with van der Waals surface area (Å²) in [6, 6.07) is 28.6. The topological polar surface area (TPSA) is 60.4 Å². The zero-order chi connectivity index (χ0) is 22.5. The molecule has 0 unspecified atom stereocenters. The SMILES string of the molecule is CC(C)(C)S(=O)(=O)CCC(=O)OC(c1ccccc1)(c1ccccc1)c1ccccc1. The van der Waals surface area contributed by atoms with Crippen molar-refractivity contribution >= 4 is 15.8 Å². The third kappa shape index (κ3) is 4.88. The molecule has 0 saturated carbocycles. The zero-order valence-corrected chi connectivity index (χ0v) is 18.9. The van der Waals surface area contributed by atoms with Crippen LogP contribution in [0, 0.1) is 0 Å². The van der Waals surface area contributed by atoms with Gasteiger partial charge in [0.05, 0.1) is 16.9 Å². The van der Waals surface area contributed by atoms with E-state index >= 15 is 0 Å². The lowest BCUT2D eigenvalue weighted by Gasteiger charge is -2.35. The highest BCUT2D eigenvalue weighted by atomic mass is 32.2. The van der Waals surface area contributed by atoms with Gasteiger partial charge in [0.1, 0.15) is 0 Å². The fourth-order valence-corrected chi connectivity index (χ4v) is 4.49. The zero-order valence-electron chi connectivity index (χ0n) is 18.1. The Hall–Kier alpha value is -2.92. The molecular weight excluding hydrogens is 408 g/mol. The molecule has 162 valence electrons. The molecule has 0 saturated heterocycles. The second-order valence-electron chi connectivity index (χ2n) is 8.43. The molecule has 0 aliphatic rings. The standard InChI is InChI=1S/C26H28O4S/c1-25(2,3)31(28,29)20-19-24(27)30-26(21-13-7-4-8-14-21,22-15-9-5-10-16-22)23-17-11-6-12-18-23/h4-18H,19-20H2,1-3H3. The van der Waals surface area contributed by atoms with E-state index in [0.29, 0.717) is 0 Å². The van der Waals surface area contributed by atoms with Gasteiger partial charge in [0, 0.05) is 16.7 Å². The molecular formula is C26H28O4S. The Balaban J connectivity index is 2.07. The van der Waals surface area contributed by atoms with Crippen LogP contribution in [-0.2, 0) is 25.0 Å². The summed E-state index contributed by atoms with van der Waals surface area (Å²) in [5, 5.41) is 0. The Morgan fingerprint density at radius 2 is 1.06 bits per heavy atom. The number of carbonyl (C=O) groups is 1. The number of esters is 1. The summed E-state index contributed by atoms with van der Waals surface area (Å²) in [5.41, 5.74) is 1.19. The molecule has 0 N–H and O–H groups in total. The number of sulfone groups is 1. The van der Waals surface area contributed by atoms with E-state index in [9.17, 15) is 13.2 Å². The lowest BCUT2D eigenvalue weighted by molar-refractivity contribution is -0.153. The molecule has 0 spiro atoms. The predicted octanol–water partition coefficient (Wildman–Crippen LogP) is 5.13. The Kier molecular flexibility index (Phi) is 6.65. The van der Waals surface area contributed by atoms with Crippen molar-refractivity contribution in [1.29, 1.82) is 0 Å². The lowest BCUT2D eigenvalue weighted by atomic mass is 9.80. The number of benzene rings is 3. The van der Waals surface area contributed by atoms with Crippen LogP contribution in [0.25, 0.3) is 0 Å². The number of rotatable bonds is 7. The number of hydrogen-bond acceptors (Lipinski definition) is 4. The van der Waals surface area contributed by atoms with Crippen molar-refractivity contribution in [2.75, 3.05) is 5.75 Å². The van der Waals surface area contributed by atoms with Gasteiger partial charge in [0.2, 0.25) is 0 Å². The van der Waals surface area contributed by atoms with E-state index < -0.39 is 26.2 Å². The first-order valence-electron chi connectivity index (χ1n) is 10.3. The van der Waals surface area contributed by atoms with E-state index in [2.05, 4.69) is 0 Å². The molecule has 0 atom stereocenters. The van der Waals surface area contributed by atoms with Crippen molar-refractivity contribution < 1.29 is 17.9 Å². The predicted molar refractivity (Wildman–Crippen MR) is 123 cm³/mol. The minimum absolute atomic E-state index is 0.214. The molecule has 3 rings (SSSR count). The minimum atomic E-state index is -3.44. The fourth-order valence-electron chi connectivity index (χ4n) is 3.44. The molecule has 0 aliphatic carbocycles. The largest absolute Gasteiger partial charge is 0.444 e. The van der Waals surface area contributed by atoms with E-state index in [1.54, 1.807) is 20.8 Å². The second kappa shape index (κ2) is 9.06. The van der Waals surface area contributed by atoms with Crippen molar-refractivity contribution in [3.8, 4) is 0 Å². The molecule has 0 amide bonds. The van der Waals surface area contributed by atoms with E-state index in [-0.39, 0.29) is 12.2 Å². The smallest absolute Gasteiger partial charge is 0.308 e. The first-order valence-corrected chi connectivity index (χ1v) is 11.9. The fraction of sp³-hybridized carbons (Fsp3) is 0.269. The first-order chi connectivity index (χ1) is 14.7. The van der Waals surface area contributed by atoms with Crippen LogP contribution >= 0.6 is 0 Å². The molecule has 0 bridgehead atoms. The van der Waals surface area contributed by atoms with Crippen molar-refractivity contribution in [2.24, 2.45) is 0 Å². The highest BCUT2D eigenvalue weighted by Crippen LogP contribution is 2.40. The van der Waals surface area contributed by atoms with Gasteiger partial charge in [0.25, 0.3) is 0 Å². The Labute approximate surface area is 184 Å². The Bertz CT molecular complexity index is 1000. The molecule has 5 heteroatoms. The average molecular weight is 437 g/mol. The number of hydrogen-bond donors (Lipinski definition) is 0. The molecule has 0 aromatic heterocycles. The molecule has 3 aromatic carbocycles. The van der Waals surface area contributed by atoms with Gasteiger partial charge in [0.15, 0.2) is 15.4 Å². The van der Waals surface area contributed by atoms with E-state index in [1.807, 2.05) is 91.0 Å². The third-order valence-corrected chi connectivity index (χ3v) is 7.92. The monoisotopic (exact) mass is 436 g/mol. The van der Waals surface area contributed by atoms with Crippen LogP contribution in [0.1, 0.15) is 43.9 Å². The van der Waals surface area contributed by atoms with Gasteiger partial charge in [-0.2, -0.15) is 0 Å². The van der Waals surface area contributed by atoms with Crippen LogP contribution in [-0.4, -0.2) is 24.9 Å². The maximum absolute atomic E-state index is 13.1. The normalized spacial score (nSPS) is 12.4. The van der Waals surface area contributed by atoms with E-state index in [4.69, 9.17) is 4.74 Å². The number of ether oxygens (including phenoxy) is 1. The maximum atomic E-state index is 13.1. The van der Waals surface area contributed by atoms with Gasteiger partial charge >= 0.3 is 5.97 Å². The van der Waals surface area contributed by atoms with Gasteiger partial charge in [-0.15, -0.1) is 0 Å². The summed E-state index contributed by atoms with van der Waals surface area (Å²) in [4.78, 5) is 13.1. The molecule has 0 aliphatic heterocycles. The summed E-state index contributed by atoms with van der Waals surface area (Å²) in [7, 11) is -3.44. The molecule has 0 heterocycles. The van der Waals surface area contributed by atoms with Crippen LogP contribution in [0.2, 0.25) is 0 Å². The first kappa shape index (κ1) is 22.8. The average Bonchev–Trinajstić information content (AvgIpc) is 2.77. The highest BCUT2D eigenvalue weighted by Gasteiger charge is 2.41. The summed E-state index contributed by atoms with van der Waals surface area (Å²) >= 11 is 0. The molecule has 31 heavy (non-hydrogen) atoms. The van der Waals surface area contributed by atoms with Crippen LogP contribution < -0.4 is 0 Å². The van der Waals surface area contributed by atoms with Crippen LogP contribution in [0.5, 0.6) is 0 Å². The quantitative estimate of drug-likeness (QED) is 0.381. The van der Waals surface area contributed by atoms with Gasteiger partial charge in [-0.3, -0.25) is 4.79 Å². The highest BCUT2D eigenvalue weighted by molar-refractivity contribution is 7.92. The second-order valence-corrected chi connectivity index (χ2v) is 11.3. The minimum Gasteiger partial charge on any atom is -0.444 e.